The molecule has 1 heterocycles. The lowest BCUT2D eigenvalue weighted by atomic mass is 10.1. The first kappa shape index (κ1) is 10.6. The Hall–Kier alpha value is -1.90. The van der Waals surface area contributed by atoms with Crippen molar-refractivity contribution < 1.29 is 9.59 Å². The normalized spacial score (nSPS) is 15.9. The van der Waals surface area contributed by atoms with Crippen LogP contribution in [-0.2, 0) is 9.59 Å². The third-order valence-electron chi connectivity index (χ3n) is 2.66. The summed E-state index contributed by atoms with van der Waals surface area (Å²) in [4.78, 5) is 25.0. The van der Waals surface area contributed by atoms with Gasteiger partial charge in [0.05, 0.1) is 12.1 Å². The number of nitrogens with zero attached hydrogens (tertiary/aromatic N) is 1. The highest BCUT2D eigenvalue weighted by Gasteiger charge is 2.35. The monoisotopic (exact) mass is 215 g/mol. The largest absolute Gasteiger partial charge is 0.274 e. The van der Waals surface area contributed by atoms with Crippen LogP contribution in [0.15, 0.2) is 41.5 Å². The summed E-state index contributed by atoms with van der Waals surface area (Å²) in [5.41, 5.74) is 2.18. The molecule has 0 aromatic heterocycles. The van der Waals surface area contributed by atoms with E-state index in [1.54, 1.807) is 12.1 Å². The van der Waals surface area contributed by atoms with Crippen molar-refractivity contribution >= 4 is 17.5 Å². The first-order chi connectivity index (χ1) is 7.61. The topological polar surface area (TPSA) is 37.4 Å². The zero-order valence-electron chi connectivity index (χ0n) is 9.36. The van der Waals surface area contributed by atoms with Crippen molar-refractivity contribution in [1.29, 1.82) is 0 Å². The predicted molar refractivity (Wildman–Crippen MR) is 61.9 cm³/mol. The van der Waals surface area contributed by atoms with Gasteiger partial charge in [-0.1, -0.05) is 23.8 Å². The van der Waals surface area contributed by atoms with Gasteiger partial charge in [0.15, 0.2) is 0 Å². The minimum absolute atomic E-state index is 0.146. The second-order valence-electron chi connectivity index (χ2n) is 4.03. The van der Waals surface area contributed by atoms with E-state index < -0.39 is 0 Å². The quantitative estimate of drug-likeness (QED) is 0.532. The van der Waals surface area contributed by atoms with Gasteiger partial charge in [0, 0.05) is 5.57 Å². The van der Waals surface area contributed by atoms with Crippen LogP contribution in [0.4, 0.5) is 5.69 Å². The number of rotatable bonds is 1. The predicted octanol–water partition coefficient (Wildman–Crippen LogP) is 2.29. The van der Waals surface area contributed by atoms with Gasteiger partial charge in [-0.3, -0.25) is 9.59 Å². The standard InChI is InChI=1S/C13H13NO2/c1-9(2)11-8-12(15)14(13(11)16)10-6-4-3-5-7-10/h3-7H,8H2,1-2H3. The summed E-state index contributed by atoms with van der Waals surface area (Å²) >= 11 is 0. The molecule has 2 amide bonds. The molecule has 0 unspecified atom stereocenters. The highest BCUT2D eigenvalue weighted by molar-refractivity contribution is 6.28. The zero-order chi connectivity index (χ0) is 11.7. The molecule has 0 atom stereocenters. The van der Waals surface area contributed by atoms with Crippen molar-refractivity contribution in [2.75, 3.05) is 4.90 Å². The van der Waals surface area contributed by atoms with Gasteiger partial charge >= 0.3 is 0 Å². The van der Waals surface area contributed by atoms with Gasteiger partial charge in [0.1, 0.15) is 0 Å². The Balaban J connectivity index is 2.42. The van der Waals surface area contributed by atoms with Crippen LogP contribution in [0.1, 0.15) is 20.3 Å². The third-order valence-corrected chi connectivity index (χ3v) is 2.66. The fourth-order valence-corrected chi connectivity index (χ4v) is 1.78. The minimum atomic E-state index is -0.184. The molecule has 0 aliphatic carbocycles. The van der Waals surface area contributed by atoms with Crippen molar-refractivity contribution in [3.63, 3.8) is 0 Å². The Kier molecular flexibility index (Phi) is 2.60. The van der Waals surface area contributed by atoms with E-state index in [4.69, 9.17) is 0 Å². The molecule has 82 valence electrons. The molecule has 1 saturated heterocycles. The Morgan fingerprint density at radius 3 is 2.25 bits per heavy atom. The second kappa shape index (κ2) is 3.93. The molecule has 16 heavy (non-hydrogen) atoms. The summed E-state index contributed by atoms with van der Waals surface area (Å²) in [5.74, 6) is -0.330. The van der Waals surface area contributed by atoms with Crippen LogP contribution < -0.4 is 4.90 Å². The van der Waals surface area contributed by atoms with E-state index in [1.807, 2.05) is 32.0 Å². The summed E-state index contributed by atoms with van der Waals surface area (Å²) in [6, 6.07) is 9.02. The van der Waals surface area contributed by atoms with Crippen LogP contribution >= 0.6 is 0 Å². The lowest BCUT2D eigenvalue weighted by Crippen LogP contribution is -2.28. The Bertz CT molecular complexity index is 470. The van der Waals surface area contributed by atoms with E-state index in [2.05, 4.69) is 0 Å². The fraction of sp³-hybridized carbons (Fsp3) is 0.231. The molecular formula is C13H13NO2. The molecular weight excluding hydrogens is 202 g/mol. The van der Waals surface area contributed by atoms with Crippen molar-refractivity contribution in [1.82, 2.24) is 0 Å². The molecule has 1 fully saturated rings. The van der Waals surface area contributed by atoms with Crippen LogP contribution in [0.2, 0.25) is 0 Å². The Morgan fingerprint density at radius 1 is 1.12 bits per heavy atom. The molecule has 1 aliphatic heterocycles. The molecule has 0 spiro atoms. The number of amides is 2. The second-order valence-corrected chi connectivity index (χ2v) is 4.03. The van der Waals surface area contributed by atoms with Crippen molar-refractivity contribution in [2.45, 2.75) is 20.3 Å². The Labute approximate surface area is 94.4 Å². The maximum Gasteiger partial charge on any atom is 0.261 e. The fourth-order valence-electron chi connectivity index (χ4n) is 1.78. The molecule has 0 saturated carbocycles. The Morgan fingerprint density at radius 2 is 1.75 bits per heavy atom. The maximum absolute atomic E-state index is 12.0. The molecule has 2 rings (SSSR count). The third kappa shape index (κ3) is 1.65. The molecule has 0 radical (unpaired) electrons. The maximum atomic E-state index is 12.0. The summed E-state index contributed by atoms with van der Waals surface area (Å²) < 4.78 is 0. The highest BCUT2D eigenvalue weighted by Crippen LogP contribution is 2.27. The van der Waals surface area contributed by atoms with E-state index in [9.17, 15) is 9.59 Å². The number of para-hydroxylation sites is 1. The van der Waals surface area contributed by atoms with Crippen LogP contribution in [0.3, 0.4) is 0 Å². The summed E-state index contributed by atoms with van der Waals surface area (Å²) in [5, 5.41) is 0. The van der Waals surface area contributed by atoms with Crippen LogP contribution in [0, 0.1) is 0 Å². The average Bonchev–Trinajstić information content (AvgIpc) is 2.56. The van der Waals surface area contributed by atoms with Crippen molar-refractivity contribution in [3.05, 3.63) is 41.5 Å². The van der Waals surface area contributed by atoms with Gasteiger partial charge in [0.2, 0.25) is 5.91 Å². The van der Waals surface area contributed by atoms with Gasteiger partial charge in [-0.15, -0.1) is 0 Å². The van der Waals surface area contributed by atoms with E-state index in [0.717, 1.165) is 5.57 Å². The van der Waals surface area contributed by atoms with Crippen LogP contribution in [0.5, 0.6) is 0 Å². The first-order valence-electron chi connectivity index (χ1n) is 5.20. The van der Waals surface area contributed by atoms with E-state index in [1.165, 1.54) is 4.90 Å². The molecule has 1 aliphatic rings. The van der Waals surface area contributed by atoms with E-state index in [0.29, 0.717) is 11.3 Å². The number of carbonyl (C=O) groups excluding carboxylic acids is 2. The van der Waals surface area contributed by atoms with E-state index >= 15 is 0 Å². The zero-order valence-corrected chi connectivity index (χ0v) is 9.36. The SMILES string of the molecule is CC(C)=C1CC(=O)N(c2ccccc2)C1=O. The lowest BCUT2D eigenvalue weighted by molar-refractivity contribution is -0.120. The number of hydrogen-bond donors (Lipinski definition) is 0. The smallest absolute Gasteiger partial charge is 0.261 e. The number of imide groups is 1. The number of benzene rings is 1. The number of anilines is 1. The number of allylic oxidation sites excluding steroid dienone is 1. The minimum Gasteiger partial charge on any atom is -0.274 e. The lowest BCUT2D eigenvalue weighted by Gasteiger charge is -2.12. The van der Waals surface area contributed by atoms with E-state index in [-0.39, 0.29) is 18.2 Å². The highest BCUT2D eigenvalue weighted by atomic mass is 16.2. The summed E-state index contributed by atoms with van der Waals surface area (Å²) in [7, 11) is 0. The van der Waals surface area contributed by atoms with Gasteiger partial charge in [0.25, 0.3) is 5.91 Å². The molecule has 0 bridgehead atoms. The van der Waals surface area contributed by atoms with Crippen molar-refractivity contribution in [3.8, 4) is 0 Å². The first-order valence-corrected chi connectivity index (χ1v) is 5.20. The average molecular weight is 215 g/mol. The molecule has 1 aromatic rings. The van der Waals surface area contributed by atoms with Gasteiger partial charge < -0.3 is 0 Å². The van der Waals surface area contributed by atoms with Crippen molar-refractivity contribution in [2.24, 2.45) is 0 Å². The van der Waals surface area contributed by atoms with Gasteiger partial charge in [-0.25, -0.2) is 4.90 Å². The number of carbonyl (C=O) groups is 2. The van der Waals surface area contributed by atoms with Crippen LogP contribution in [0.25, 0.3) is 0 Å². The molecule has 3 heteroatoms. The summed E-state index contributed by atoms with van der Waals surface area (Å²) in [6.45, 7) is 3.71. The van der Waals surface area contributed by atoms with Crippen LogP contribution in [-0.4, -0.2) is 11.8 Å². The summed E-state index contributed by atoms with van der Waals surface area (Å²) in [6.07, 6.45) is 0.218. The molecule has 1 aromatic carbocycles. The molecule has 3 nitrogen and oxygen atoms in total. The van der Waals surface area contributed by atoms with Gasteiger partial charge in [-0.2, -0.15) is 0 Å². The van der Waals surface area contributed by atoms with Gasteiger partial charge in [-0.05, 0) is 26.0 Å². The number of hydrogen-bond acceptors (Lipinski definition) is 2. The molecule has 0 N–H and O–H groups in total.